The fourth-order valence-electron chi connectivity index (χ4n) is 3.51. The Balaban J connectivity index is 1.97. The summed E-state index contributed by atoms with van der Waals surface area (Å²) in [5, 5.41) is 24.7. The van der Waals surface area contributed by atoms with E-state index in [1.165, 1.54) is 0 Å². The highest BCUT2D eigenvalue weighted by Gasteiger charge is 2.29. The highest BCUT2D eigenvalue weighted by molar-refractivity contribution is 14.1. The van der Waals surface area contributed by atoms with E-state index in [1.807, 2.05) is 0 Å². The second kappa shape index (κ2) is 9.25. The van der Waals surface area contributed by atoms with Gasteiger partial charge in [0, 0.05) is 9.26 Å². The second-order valence-electron chi connectivity index (χ2n) is 7.30. The van der Waals surface area contributed by atoms with E-state index in [0.717, 1.165) is 22.5 Å². The van der Waals surface area contributed by atoms with Crippen molar-refractivity contribution in [2.24, 2.45) is 0 Å². The van der Waals surface area contributed by atoms with Gasteiger partial charge in [-0.25, -0.2) is 13.6 Å². The summed E-state index contributed by atoms with van der Waals surface area (Å²) in [4.78, 5) is 24.3. The van der Waals surface area contributed by atoms with Crippen molar-refractivity contribution in [3.8, 4) is 0 Å². The summed E-state index contributed by atoms with van der Waals surface area (Å²) in [6, 6.07) is 5.40. The summed E-state index contributed by atoms with van der Waals surface area (Å²) in [5.74, 6) is -5.38. The van der Waals surface area contributed by atoms with Crippen molar-refractivity contribution >= 4 is 45.8 Å². The van der Waals surface area contributed by atoms with Crippen LogP contribution in [-0.2, 0) is 0 Å². The maximum absolute atomic E-state index is 14.9. The van der Waals surface area contributed by atoms with Gasteiger partial charge in [0.25, 0.3) is 5.91 Å². The van der Waals surface area contributed by atoms with Crippen molar-refractivity contribution in [3.05, 3.63) is 56.2 Å². The lowest BCUT2D eigenvalue weighted by atomic mass is 9.92. The van der Waals surface area contributed by atoms with Crippen LogP contribution >= 0.6 is 22.6 Å². The summed E-state index contributed by atoms with van der Waals surface area (Å²) in [6.45, 7) is 1.75. The van der Waals surface area contributed by atoms with E-state index < -0.39 is 52.5 Å². The number of nitrogens with one attached hydrogen (secondary N) is 2. The van der Waals surface area contributed by atoms with Crippen molar-refractivity contribution in [2.45, 2.75) is 44.8 Å². The molecule has 3 rings (SSSR count). The Morgan fingerprint density at radius 1 is 1.10 bits per heavy atom. The van der Waals surface area contributed by atoms with Gasteiger partial charge in [-0.15, -0.1) is 0 Å². The fraction of sp³-hybridized carbons (Fsp3) is 0.333. The fourth-order valence-corrected chi connectivity index (χ4v) is 4.16. The number of hydrogen-bond donors (Lipinski definition) is 4. The van der Waals surface area contributed by atoms with Gasteiger partial charge in [0.05, 0.1) is 29.0 Å². The third-order valence-electron chi connectivity index (χ3n) is 5.18. The molecule has 1 aliphatic carbocycles. The van der Waals surface area contributed by atoms with Crippen LogP contribution in [0, 0.1) is 22.1 Å². The van der Waals surface area contributed by atoms with Crippen LogP contribution in [0.15, 0.2) is 24.3 Å². The molecule has 1 aliphatic rings. The number of carbonyl (C=O) groups is 2. The van der Waals surface area contributed by atoms with Gasteiger partial charge in [-0.05, 0) is 72.2 Å². The number of aryl methyl sites for hydroxylation is 1. The second-order valence-corrected chi connectivity index (χ2v) is 8.54. The van der Waals surface area contributed by atoms with E-state index in [1.54, 1.807) is 25.1 Å². The molecule has 0 aromatic heterocycles. The molecule has 1 fully saturated rings. The summed E-state index contributed by atoms with van der Waals surface area (Å²) < 4.78 is 30.5. The number of aliphatic hydroxyl groups excluding tert-OH is 1. The van der Waals surface area contributed by atoms with Crippen LogP contribution in [0.3, 0.4) is 0 Å². The molecule has 0 bridgehead atoms. The molecule has 2 aromatic rings. The van der Waals surface area contributed by atoms with Crippen molar-refractivity contribution in [3.63, 3.8) is 0 Å². The Morgan fingerprint density at radius 2 is 1.80 bits per heavy atom. The first-order valence-electron chi connectivity index (χ1n) is 9.46. The standard InChI is InChI=1S/C21H21F2IN2O4/c1-10-8-11(24)6-7-14(10)25-19-13(21(29)30)9-12(17(22)18(19)23)20(28)26-15-4-2-3-5-16(15)27/h6-9,15-16,25,27H,2-5H2,1H3,(H,26,28)(H,29,30)/t15?,16-/m0/s1. The molecule has 0 radical (unpaired) electrons. The molecule has 30 heavy (non-hydrogen) atoms. The molecule has 1 saturated carbocycles. The number of amides is 1. The van der Waals surface area contributed by atoms with Gasteiger partial charge in [0.1, 0.15) is 0 Å². The molecule has 2 aromatic carbocycles. The van der Waals surface area contributed by atoms with E-state index in [-0.39, 0.29) is 0 Å². The Hall–Kier alpha value is -2.27. The number of aliphatic hydroxyl groups is 1. The molecule has 6 nitrogen and oxygen atoms in total. The number of benzene rings is 2. The van der Waals surface area contributed by atoms with Crippen molar-refractivity contribution in [2.75, 3.05) is 5.32 Å². The SMILES string of the molecule is Cc1cc(I)ccc1Nc1c(C(=O)O)cc(C(=O)NC2CCCC[C@@H]2O)c(F)c1F. The van der Waals surface area contributed by atoms with Gasteiger partial charge in [-0.1, -0.05) is 12.8 Å². The maximum atomic E-state index is 14.9. The minimum absolute atomic E-state index is 0.416. The van der Waals surface area contributed by atoms with E-state index in [4.69, 9.17) is 0 Å². The number of carbonyl (C=O) groups excluding carboxylic acids is 1. The lowest BCUT2D eigenvalue weighted by molar-refractivity contribution is 0.0696. The predicted octanol–water partition coefficient (Wildman–Crippen LogP) is 4.35. The minimum atomic E-state index is -1.51. The molecular weight excluding hydrogens is 509 g/mol. The first-order chi connectivity index (χ1) is 14.2. The van der Waals surface area contributed by atoms with Gasteiger partial charge < -0.3 is 20.8 Å². The lowest BCUT2D eigenvalue weighted by Crippen LogP contribution is -2.45. The zero-order chi connectivity index (χ0) is 22.0. The smallest absolute Gasteiger partial charge is 0.337 e. The molecule has 9 heteroatoms. The predicted molar refractivity (Wildman–Crippen MR) is 116 cm³/mol. The van der Waals surface area contributed by atoms with Crippen LogP contribution in [0.4, 0.5) is 20.2 Å². The zero-order valence-electron chi connectivity index (χ0n) is 16.1. The van der Waals surface area contributed by atoms with Crippen molar-refractivity contribution in [1.82, 2.24) is 5.32 Å². The maximum Gasteiger partial charge on any atom is 0.337 e. The van der Waals surface area contributed by atoms with E-state index >= 15 is 0 Å². The monoisotopic (exact) mass is 530 g/mol. The Labute approximate surface area is 185 Å². The van der Waals surface area contributed by atoms with Crippen LogP contribution in [0.5, 0.6) is 0 Å². The average molecular weight is 530 g/mol. The van der Waals surface area contributed by atoms with Crippen LogP contribution in [0.1, 0.15) is 52.0 Å². The van der Waals surface area contributed by atoms with Gasteiger partial charge >= 0.3 is 5.97 Å². The normalized spacial score (nSPS) is 18.7. The van der Waals surface area contributed by atoms with Crippen molar-refractivity contribution < 1.29 is 28.6 Å². The van der Waals surface area contributed by atoms with Crippen LogP contribution in [0.25, 0.3) is 0 Å². The molecule has 4 N–H and O–H groups in total. The van der Waals surface area contributed by atoms with Crippen molar-refractivity contribution in [1.29, 1.82) is 0 Å². The van der Waals surface area contributed by atoms with Gasteiger partial charge in [0.2, 0.25) is 0 Å². The van der Waals surface area contributed by atoms with Crippen LogP contribution in [0.2, 0.25) is 0 Å². The first kappa shape index (κ1) is 22.4. The van der Waals surface area contributed by atoms with Gasteiger partial charge in [-0.2, -0.15) is 0 Å². The Bertz CT molecular complexity index is 999. The quantitative estimate of drug-likeness (QED) is 0.431. The third kappa shape index (κ3) is 4.72. The topological polar surface area (TPSA) is 98.7 Å². The van der Waals surface area contributed by atoms with E-state index in [9.17, 15) is 28.6 Å². The number of rotatable bonds is 5. The third-order valence-corrected chi connectivity index (χ3v) is 5.85. The number of halogens is 3. The Kier molecular flexibility index (Phi) is 6.91. The number of hydrogen-bond acceptors (Lipinski definition) is 4. The number of carboxylic acid groups (broad SMARTS) is 1. The molecule has 0 aliphatic heterocycles. The van der Waals surface area contributed by atoms with Crippen LogP contribution in [-0.4, -0.2) is 34.2 Å². The summed E-state index contributed by atoms with van der Waals surface area (Å²) in [7, 11) is 0. The summed E-state index contributed by atoms with van der Waals surface area (Å²) in [6.07, 6.45) is 1.84. The molecule has 0 saturated heterocycles. The molecule has 0 spiro atoms. The van der Waals surface area contributed by atoms with Gasteiger partial charge in [-0.3, -0.25) is 4.79 Å². The number of anilines is 2. The minimum Gasteiger partial charge on any atom is -0.478 e. The Morgan fingerprint density at radius 3 is 2.43 bits per heavy atom. The van der Waals surface area contributed by atoms with Gasteiger partial charge in [0.15, 0.2) is 11.6 Å². The van der Waals surface area contributed by atoms with E-state index in [0.29, 0.717) is 24.1 Å². The van der Waals surface area contributed by atoms with E-state index in [2.05, 4.69) is 33.2 Å². The summed E-state index contributed by atoms with van der Waals surface area (Å²) >= 11 is 2.10. The molecule has 0 heterocycles. The molecule has 1 unspecified atom stereocenters. The summed E-state index contributed by atoms with van der Waals surface area (Å²) in [5.41, 5.74) is -0.711. The zero-order valence-corrected chi connectivity index (χ0v) is 18.3. The lowest BCUT2D eigenvalue weighted by Gasteiger charge is -2.28. The molecule has 2 atom stereocenters. The average Bonchev–Trinajstić information content (AvgIpc) is 2.68. The molecule has 1 amide bonds. The highest BCUT2D eigenvalue weighted by atomic mass is 127. The largest absolute Gasteiger partial charge is 0.478 e. The highest BCUT2D eigenvalue weighted by Crippen LogP contribution is 2.31. The van der Waals surface area contributed by atoms with Crippen LogP contribution < -0.4 is 10.6 Å². The molecule has 160 valence electrons. The first-order valence-corrected chi connectivity index (χ1v) is 10.5. The number of aromatic carboxylic acids is 1. The number of carboxylic acids is 1. The molecular formula is C21H21F2IN2O4.